The van der Waals surface area contributed by atoms with Gasteiger partial charge in [-0.05, 0) is 22.9 Å². The van der Waals surface area contributed by atoms with Crippen LogP contribution in [0.4, 0.5) is 11.4 Å². The van der Waals surface area contributed by atoms with Gasteiger partial charge in [-0.1, -0.05) is 0 Å². The number of hydrogen-bond donors (Lipinski definition) is 1. The van der Waals surface area contributed by atoms with E-state index in [4.69, 9.17) is 4.42 Å². The SMILES string of the molecule is Cc1cnc(CNc2c(Br)cncc2[N+](=O)[O-])o1. The van der Waals surface area contributed by atoms with Crippen molar-refractivity contribution in [2.75, 3.05) is 5.32 Å². The van der Waals surface area contributed by atoms with Crippen LogP contribution in [0.25, 0.3) is 0 Å². The van der Waals surface area contributed by atoms with Crippen LogP contribution in [0.2, 0.25) is 0 Å². The molecule has 0 spiro atoms. The first kappa shape index (κ1) is 12.5. The van der Waals surface area contributed by atoms with Crippen molar-refractivity contribution >= 4 is 27.3 Å². The largest absolute Gasteiger partial charge is 0.444 e. The van der Waals surface area contributed by atoms with Gasteiger partial charge < -0.3 is 9.73 Å². The summed E-state index contributed by atoms with van der Waals surface area (Å²) in [6.07, 6.45) is 4.26. The Bertz CT molecular complexity index is 584. The van der Waals surface area contributed by atoms with Crippen LogP contribution in [0.5, 0.6) is 0 Å². The van der Waals surface area contributed by atoms with Crippen molar-refractivity contribution in [2.45, 2.75) is 13.5 Å². The van der Waals surface area contributed by atoms with Crippen LogP contribution in [0.1, 0.15) is 11.7 Å². The molecule has 0 radical (unpaired) electrons. The fraction of sp³-hybridized carbons (Fsp3) is 0.200. The highest BCUT2D eigenvalue weighted by molar-refractivity contribution is 9.10. The number of pyridine rings is 1. The third-order valence-electron chi connectivity index (χ3n) is 2.16. The molecule has 0 fully saturated rings. The maximum absolute atomic E-state index is 10.9. The van der Waals surface area contributed by atoms with Crippen LogP contribution in [0.15, 0.2) is 27.5 Å². The Kier molecular flexibility index (Phi) is 3.56. The number of nitro groups is 1. The molecule has 94 valence electrons. The van der Waals surface area contributed by atoms with Gasteiger partial charge in [0.1, 0.15) is 17.6 Å². The van der Waals surface area contributed by atoms with Crippen LogP contribution in [0, 0.1) is 17.0 Å². The molecule has 0 atom stereocenters. The highest BCUT2D eigenvalue weighted by Crippen LogP contribution is 2.31. The second-order valence-electron chi connectivity index (χ2n) is 3.49. The fourth-order valence-corrected chi connectivity index (χ4v) is 1.85. The highest BCUT2D eigenvalue weighted by atomic mass is 79.9. The third-order valence-corrected chi connectivity index (χ3v) is 2.76. The number of nitrogens with zero attached hydrogens (tertiary/aromatic N) is 3. The highest BCUT2D eigenvalue weighted by Gasteiger charge is 2.17. The third kappa shape index (κ3) is 2.65. The smallest absolute Gasteiger partial charge is 0.311 e. The summed E-state index contributed by atoms with van der Waals surface area (Å²) in [4.78, 5) is 18.1. The van der Waals surface area contributed by atoms with Crippen molar-refractivity contribution in [3.8, 4) is 0 Å². The summed E-state index contributed by atoms with van der Waals surface area (Å²) in [5, 5.41) is 13.8. The van der Waals surface area contributed by atoms with E-state index in [1.807, 2.05) is 0 Å². The Morgan fingerprint density at radius 2 is 2.28 bits per heavy atom. The molecular formula is C10H9BrN4O3. The first-order valence-corrected chi connectivity index (χ1v) is 5.80. The molecule has 0 saturated heterocycles. The predicted octanol–water partition coefficient (Wildman–Crippen LogP) is 2.66. The molecule has 0 aromatic carbocycles. The minimum atomic E-state index is -0.499. The number of anilines is 1. The second-order valence-corrected chi connectivity index (χ2v) is 4.35. The number of halogens is 1. The molecular weight excluding hydrogens is 304 g/mol. The van der Waals surface area contributed by atoms with Crippen molar-refractivity contribution in [3.63, 3.8) is 0 Å². The minimum Gasteiger partial charge on any atom is -0.444 e. The zero-order valence-corrected chi connectivity index (χ0v) is 11.0. The maximum atomic E-state index is 10.9. The molecule has 0 saturated carbocycles. The van der Waals surface area contributed by atoms with E-state index in [1.165, 1.54) is 12.4 Å². The van der Waals surface area contributed by atoms with E-state index >= 15 is 0 Å². The number of rotatable bonds is 4. The second kappa shape index (κ2) is 5.13. The first-order chi connectivity index (χ1) is 8.58. The number of hydrogen-bond acceptors (Lipinski definition) is 6. The lowest BCUT2D eigenvalue weighted by Gasteiger charge is -2.06. The summed E-state index contributed by atoms with van der Waals surface area (Å²) in [6, 6.07) is 0. The Balaban J connectivity index is 2.20. The van der Waals surface area contributed by atoms with Gasteiger partial charge in [-0.2, -0.15) is 0 Å². The molecule has 2 aromatic rings. The lowest BCUT2D eigenvalue weighted by molar-refractivity contribution is -0.384. The summed E-state index contributed by atoms with van der Waals surface area (Å²) >= 11 is 3.21. The molecule has 2 aromatic heterocycles. The van der Waals surface area contributed by atoms with E-state index < -0.39 is 4.92 Å². The Morgan fingerprint density at radius 3 is 2.89 bits per heavy atom. The molecule has 8 heteroatoms. The van der Waals surface area contributed by atoms with Gasteiger partial charge in [0.05, 0.1) is 22.1 Å². The van der Waals surface area contributed by atoms with Gasteiger partial charge in [-0.25, -0.2) is 4.98 Å². The summed E-state index contributed by atoms with van der Waals surface area (Å²) in [5.41, 5.74) is 0.249. The van der Waals surface area contributed by atoms with E-state index in [-0.39, 0.29) is 12.2 Å². The van der Waals surface area contributed by atoms with Gasteiger partial charge in [-0.3, -0.25) is 15.1 Å². The normalized spacial score (nSPS) is 10.3. The lowest BCUT2D eigenvalue weighted by atomic mass is 10.3. The molecule has 2 rings (SSSR count). The summed E-state index contributed by atoms with van der Waals surface area (Å²) in [6.45, 7) is 2.04. The number of nitrogens with one attached hydrogen (secondary N) is 1. The van der Waals surface area contributed by atoms with Gasteiger partial charge in [0, 0.05) is 6.20 Å². The topological polar surface area (TPSA) is 94.1 Å². The minimum absolute atomic E-state index is 0.104. The van der Waals surface area contributed by atoms with Gasteiger partial charge in [0.15, 0.2) is 0 Å². The lowest BCUT2D eigenvalue weighted by Crippen LogP contribution is -2.04. The maximum Gasteiger partial charge on any atom is 0.311 e. The van der Waals surface area contributed by atoms with E-state index in [1.54, 1.807) is 13.1 Å². The summed E-state index contributed by atoms with van der Waals surface area (Å²) in [7, 11) is 0. The molecule has 0 aliphatic carbocycles. The van der Waals surface area contributed by atoms with Gasteiger partial charge in [-0.15, -0.1) is 0 Å². The Morgan fingerprint density at radius 1 is 1.50 bits per heavy atom. The Hall–Kier alpha value is -1.96. The molecule has 7 nitrogen and oxygen atoms in total. The zero-order valence-electron chi connectivity index (χ0n) is 9.38. The average Bonchev–Trinajstić information content (AvgIpc) is 2.73. The van der Waals surface area contributed by atoms with Crippen LogP contribution in [0.3, 0.4) is 0 Å². The predicted molar refractivity (Wildman–Crippen MR) is 67.2 cm³/mol. The van der Waals surface area contributed by atoms with Crippen LogP contribution < -0.4 is 5.32 Å². The van der Waals surface area contributed by atoms with Crippen molar-refractivity contribution in [2.24, 2.45) is 0 Å². The fourth-order valence-electron chi connectivity index (χ4n) is 1.39. The van der Waals surface area contributed by atoms with E-state index in [0.29, 0.717) is 21.8 Å². The van der Waals surface area contributed by atoms with Crippen LogP contribution in [-0.4, -0.2) is 14.9 Å². The zero-order chi connectivity index (χ0) is 13.1. The van der Waals surface area contributed by atoms with Gasteiger partial charge in [0.2, 0.25) is 5.89 Å². The summed E-state index contributed by atoms with van der Waals surface area (Å²) in [5.74, 6) is 1.15. The average molecular weight is 313 g/mol. The van der Waals surface area contributed by atoms with Gasteiger partial charge >= 0.3 is 5.69 Å². The van der Waals surface area contributed by atoms with E-state index in [9.17, 15) is 10.1 Å². The number of oxazole rings is 1. The number of aryl methyl sites for hydroxylation is 1. The monoisotopic (exact) mass is 312 g/mol. The molecule has 18 heavy (non-hydrogen) atoms. The molecule has 0 amide bonds. The number of aromatic nitrogens is 2. The van der Waals surface area contributed by atoms with Crippen LogP contribution >= 0.6 is 15.9 Å². The standard InChI is InChI=1S/C10H9BrN4O3/c1-6-2-13-9(18-6)5-14-10-7(11)3-12-4-8(10)15(16)17/h2-4H,5H2,1H3,(H,12,14). The molecule has 2 heterocycles. The van der Waals surface area contributed by atoms with Gasteiger partial charge in [0.25, 0.3) is 0 Å². The first-order valence-electron chi connectivity index (χ1n) is 5.01. The van der Waals surface area contributed by atoms with E-state index in [0.717, 1.165) is 0 Å². The van der Waals surface area contributed by atoms with Crippen molar-refractivity contribution in [1.82, 2.24) is 9.97 Å². The molecule has 0 aliphatic heterocycles. The summed E-state index contributed by atoms with van der Waals surface area (Å²) < 4.78 is 5.78. The van der Waals surface area contributed by atoms with E-state index in [2.05, 4.69) is 31.2 Å². The Labute approximate surface area is 111 Å². The van der Waals surface area contributed by atoms with Crippen molar-refractivity contribution < 1.29 is 9.34 Å². The quantitative estimate of drug-likeness (QED) is 0.689. The van der Waals surface area contributed by atoms with Crippen molar-refractivity contribution in [3.05, 3.63) is 44.8 Å². The molecule has 1 N–H and O–H groups in total. The van der Waals surface area contributed by atoms with Crippen LogP contribution in [-0.2, 0) is 6.54 Å². The molecule has 0 aliphatic rings. The molecule has 0 bridgehead atoms. The molecule has 0 unspecified atom stereocenters. The van der Waals surface area contributed by atoms with Crippen molar-refractivity contribution in [1.29, 1.82) is 0 Å².